The lowest BCUT2D eigenvalue weighted by Crippen LogP contribution is -2.00. The van der Waals surface area contributed by atoms with Gasteiger partial charge in [0.25, 0.3) is 0 Å². The summed E-state index contributed by atoms with van der Waals surface area (Å²) in [4.78, 5) is 20.6. The molecule has 0 amide bonds. The van der Waals surface area contributed by atoms with E-state index in [0.717, 1.165) is 116 Å². The van der Waals surface area contributed by atoms with Crippen LogP contribution in [0.4, 0.5) is 0 Å². The van der Waals surface area contributed by atoms with E-state index in [-0.39, 0.29) is 0 Å². The van der Waals surface area contributed by atoms with E-state index in [1.54, 1.807) is 0 Å². The highest BCUT2D eigenvalue weighted by atomic mass is 16.3. The summed E-state index contributed by atoms with van der Waals surface area (Å²) in [5.41, 5.74) is 13.1. The third-order valence-corrected chi connectivity index (χ3v) is 12.3. The van der Waals surface area contributed by atoms with E-state index < -0.39 is 0 Å². The van der Waals surface area contributed by atoms with Crippen LogP contribution in [0.5, 0.6) is 0 Å². The van der Waals surface area contributed by atoms with Gasteiger partial charge in [-0.2, -0.15) is 0 Å². The maximum atomic E-state index is 6.61. The largest absolute Gasteiger partial charge is 0.456 e. The number of pyridine rings is 1. The quantitative estimate of drug-likeness (QED) is 0.156. The molecule has 0 aliphatic carbocycles. The van der Waals surface area contributed by atoms with E-state index in [0.29, 0.717) is 17.5 Å². The van der Waals surface area contributed by atoms with Gasteiger partial charge in [0.15, 0.2) is 17.5 Å². The normalized spacial score (nSPS) is 11.8. The minimum atomic E-state index is 0.576. The molecule has 0 aliphatic rings. The molecule has 64 heavy (non-hydrogen) atoms. The predicted molar refractivity (Wildman–Crippen MR) is 260 cm³/mol. The van der Waals surface area contributed by atoms with Crippen LogP contribution in [0, 0.1) is 0 Å². The lowest BCUT2D eigenvalue weighted by Gasteiger charge is -2.16. The number of nitrogens with zero attached hydrogens (tertiary/aromatic N) is 4. The van der Waals surface area contributed by atoms with Crippen LogP contribution in [-0.4, -0.2) is 19.9 Å². The molecule has 0 unspecified atom stereocenters. The van der Waals surface area contributed by atoms with Crippen molar-refractivity contribution in [2.75, 3.05) is 0 Å². The lowest BCUT2D eigenvalue weighted by molar-refractivity contribution is 0.669. The Hall–Kier alpha value is -8.74. The summed E-state index contributed by atoms with van der Waals surface area (Å²) in [7, 11) is 0. The first-order valence-electron chi connectivity index (χ1n) is 21.4. The van der Waals surface area contributed by atoms with Crippen LogP contribution in [0.3, 0.4) is 0 Å². The number of fused-ring (bicyclic) bond motifs is 9. The van der Waals surface area contributed by atoms with Crippen LogP contribution < -0.4 is 0 Å². The van der Waals surface area contributed by atoms with Gasteiger partial charge >= 0.3 is 0 Å². The first-order valence-corrected chi connectivity index (χ1v) is 21.4. The van der Waals surface area contributed by atoms with Gasteiger partial charge in [0.05, 0.1) is 11.2 Å². The summed E-state index contributed by atoms with van der Waals surface area (Å²) in [6, 6.07) is 70.8. The summed E-state index contributed by atoms with van der Waals surface area (Å²) < 4.78 is 13.0. The fraction of sp³-hybridized carbons (Fsp3) is 0. The molecule has 298 valence electrons. The van der Waals surface area contributed by atoms with E-state index in [1.807, 2.05) is 60.7 Å². The van der Waals surface area contributed by atoms with Crippen molar-refractivity contribution in [2.45, 2.75) is 0 Å². The van der Waals surface area contributed by atoms with E-state index >= 15 is 0 Å². The van der Waals surface area contributed by atoms with Gasteiger partial charge in [-0.05, 0) is 41.5 Å². The molecule has 6 heteroatoms. The maximum absolute atomic E-state index is 6.61. The number of para-hydroxylation sites is 4. The Bertz CT molecular complexity index is 3950. The molecule has 0 aliphatic heterocycles. The van der Waals surface area contributed by atoms with Crippen molar-refractivity contribution in [3.8, 4) is 67.7 Å². The number of hydrogen-bond acceptors (Lipinski definition) is 6. The van der Waals surface area contributed by atoms with Crippen LogP contribution in [0.15, 0.2) is 215 Å². The molecule has 13 rings (SSSR count). The monoisotopic (exact) mass is 818 g/mol. The molecule has 4 aromatic heterocycles. The fourth-order valence-corrected chi connectivity index (χ4v) is 9.36. The van der Waals surface area contributed by atoms with E-state index in [2.05, 4.69) is 146 Å². The van der Waals surface area contributed by atoms with Crippen molar-refractivity contribution in [1.29, 1.82) is 0 Å². The van der Waals surface area contributed by atoms with Crippen LogP contribution >= 0.6 is 0 Å². The zero-order chi connectivity index (χ0) is 42.1. The highest BCUT2D eigenvalue weighted by Crippen LogP contribution is 2.46. The van der Waals surface area contributed by atoms with Gasteiger partial charge in [0.2, 0.25) is 0 Å². The SMILES string of the molecule is c1ccc(-c2nc(-c3ccc(-c4nc5ccccc5c5c(-c6ccccc6)c6c(cc45)oc4ccccc46)cc3)nc(-c3cccc(-c4cccc5c4oc4ccccc45)c3)n2)cc1. The minimum absolute atomic E-state index is 0.576. The van der Waals surface area contributed by atoms with E-state index in [1.165, 1.54) is 0 Å². The second-order valence-corrected chi connectivity index (χ2v) is 16.1. The van der Waals surface area contributed by atoms with Gasteiger partial charge in [0, 0.05) is 71.1 Å². The molecule has 0 radical (unpaired) electrons. The van der Waals surface area contributed by atoms with Crippen LogP contribution in [0.25, 0.3) is 133 Å². The molecule has 0 N–H and O–H groups in total. The van der Waals surface area contributed by atoms with Crippen LogP contribution in [0.2, 0.25) is 0 Å². The lowest BCUT2D eigenvalue weighted by atomic mass is 9.89. The Morgan fingerprint density at radius 2 is 0.844 bits per heavy atom. The van der Waals surface area contributed by atoms with Gasteiger partial charge in [-0.25, -0.2) is 19.9 Å². The van der Waals surface area contributed by atoms with Gasteiger partial charge in [-0.3, -0.25) is 0 Å². The maximum Gasteiger partial charge on any atom is 0.164 e. The Labute approximate surface area is 366 Å². The number of aromatic nitrogens is 4. The highest BCUT2D eigenvalue weighted by Gasteiger charge is 2.22. The number of hydrogen-bond donors (Lipinski definition) is 0. The second-order valence-electron chi connectivity index (χ2n) is 16.1. The molecule has 4 heterocycles. The van der Waals surface area contributed by atoms with Crippen LogP contribution in [0.1, 0.15) is 0 Å². The summed E-state index contributed by atoms with van der Waals surface area (Å²) in [6.07, 6.45) is 0. The standard InChI is InChI=1S/C58H34N4O2/c1-3-15-35(16-4-1)51-52-44-22-7-10-26-47(44)59-54(46(52)34-50-53(51)45-23-9-12-28-49(45)63-50)36-29-31-38(32-30-36)57-60-56(37-17-5-2-6-18-37)61-58(62-57)40-20-13-19-39(33-40)41-24-14-25-43-42-21-8-11-27-48(42)64-55(41)43/h1-34H. The average Bonchev–Trinajstić information content (AvgIpc) is 3.94. The van der Waals surface area contributed by atoms with Gasteiger partial charge < -0.3 is 8.83 Å². The Morgan fingerprint density at radius 1 is 0.297 bits per heavy atom. The Balaban J connectivity index is 0.968. The highest BCUT2D eigenvalue weighted by molar-refractivity contribution is 6.27. The molecule has 0 saturated carbocycles. The minimum Gasteiger partial charge on any atom is -0.456 e. The second kappa shape index (κ2) is 14.4. The molecule has 0 fully saturated rings. The van der Waals surface area contributed by atoms with Gasteiger partial charge in [-0.1, -0.05) is 176 Å². The topological polar surface area (TPSA) is 77.8 Å². The summed E-state index contributed by atoms with van der Waals surface area (Å²) in [6.45, 7) is 0. The summed E-state index contributed by atoms with van der Waals surface area (Å²) >= 11 is 0. The molecule has 0 saturated heterocycles. The zero-order valence-corrected chi connectivity index (χ0v) is 34.2. The Kier molecular flexibility index (Phi) is 8.11. The number of furan rings is 2. The third kappa shape index (κ3) is 5.81. The molecule has 0 bridgehead atoms. The predicted octanol–water partition coefficient (Wildman–Crippen LogP) is 15.4. The van der Waals surface area contributed by atoms with Crippen molar-refractivity contribution in [1.82, 2.24) is 19.9 Å². The first kappa shape index (κ1) is 36.0. The molecular formula is C58H34N4O2. The first-order chi connectivity index (χ1) is 31.7. The smallest absolute Gasteiger partial charge is 0.164 e. The number of rotatable bonds is 6. The zero-order valence-electron chi connectivity index (χ0n) is 34.2. The van der Waals surface area contributed by atoms with Crippen molar-refractivity contribution < 1.29 is 8.83 Å². The van der Waals surface area contributed by atoms with Crippen molar-refractivity contribution in [3.63, 3.8) is 0 Å². The third-order valence-electron chi connectivity index (χ3n) is 12.3. The fourth-order valence-electron chi connectivity index (χ4n) is 9.36. The average molecular weight is 819 g/mol. The molecule has 9 aromatic carbocycles. The molecular weight excluding hydrogens is 785 g/mol. The molecule has 0 atom stereocenters. The van der Waals surface area contributed by atoms with Gasteiger partial charge in [-0.15, -0.1) is 0 Å². The molecule has 13 aromatic rings. The summed E-state index contributed by atoms with van der Waals surface area (Å²) in [5.74, 6) is 1.75. The molecule has 6 nitrogen and oxygen atoms in total. The molecule has 0 spiro atoms. The van der Waals surface area contributed by atoms with Crippen molar-refractivity contribution in [3.05, 3.63) is 206 Å². The Morgan fingerprint density at radius 3 is 1.61 bits per heavy atom. The van der Waals surface area contributed by atoms with Crippen molar-refractivity contribution >= 4 is 65.6 Å². The van der Waals surface area contributed by atoms with Gasteiger partial charge in [0.1, 0.15) is 22.3 Å². The number of benzene rings is 9. The van der Waals surface area contributed by atoms with E-state index in [4.69, 9.17) is 28.8 Å². The van der Waals surface area contributed by atoms with Crippen LogP contribution in [-0.2, 0) is 0 Å². The van der Waals surface area contributed by atoms with E-state index in [9.17, 15) is 0 Å². The summed E-state index contributed by atoms with van der Waals surface area (Å²) in [5, 5.41) is 7.62. The van der Waals surface area contributed by atoms with Crippen molar-refractivity contribution in [2.24, 2.45) is 0 Å².